The minimum atomic E-state index is -0.921. The highest BCUT2D eigenvalue weighted by Gasteiger charge is 2.07. The lowest BCUT2D eigenvalue weighted by Gasteiger charge is -2.05. The van der Waals surface area contributed by atoms with E-state index in [9.17, 15) is 14.0 Å². The molecule has 21 heavy (non-hydrogen) atoms. The van der Waals surface area contributed by atoms with Crippen LogP contribution < -0.4 is 5.32 Å². The molecule has 0 aliphatic rings. The molecule has 108 valence electrons. The molecule has 1 heterocycles. The van der Waals surface area contributed by atoms with Crippen LogP contribution in [-0.4, -0.2) is 27.7 Å². The van der Waals surface area contributed by atoms with E-state index in [1.165, 1.54) is 30.5 Å². The molecule has 0 unspecified atom stereocenters. The maximum Gasteiger partial charge on any atom is 0.313 e. The summed E-state index contributed by atoms with van der Waals surface area (Å²) in [6.45, 7) is 0. The van der Waals surface area contributed by atoms with Crippen LogP contribution in [0.2, 0.25) is 0 Å². The van der Waals surface area contributed by atoms with Crippen molar-refractivity contribution in [3.05, 3.63) is 54.0 Å². The number of halogens is 1. The monoisotopic (exact) mass is 306 g/mol. The van der Waals surface area contributed by atoms with Gasteiger partial charge in [0.15, 0.2) is 0 Å². The zero-order valence-electron chi connectivity index (χ0n) is 10.7. The normalized spacial score (nSPS) is 10.1. The van der Waals surface area contributed by atoms with Gasteiger partial charge in [-0.1, -0.05) is 11.8 Å². The average Bonchev–Trinajstić information content (AvgIpc) is 2.47. The average molecular weight is 306 g/mol. The lowest BCUT2D eigenvalue weighted by molar-refractivity contribution is -0.133. The molecule has 7 heteroatoms. The van der Waals surface area contributed by atoms with Crippen LogP contribution in [0.4, 0.5) is 10.1 Å². The summed E-state index contributed by atoms with van der Waals surface area (Å²) < 4.78 is 12.8. The minimum Gasteiger partial charge on any atom is -0.481 e. The van der Waals surface area contributed by atoms with Crippen molar-refractivity contribution in [2.24, 2.45) is 0 Å². The number of amides is 1. The summed E-state index contributed by atoms with van der Waals surface area (Å²) in [7, 11) is 0. The van der Waals surface area contributed by atoms with Gasteiger partial charge < -0.3 is 10.4 Å². The standard InChI is InChI=1S/C14H11FN2O3S/c15-10-3-1-9(2-4-10)14(20)17-11-5-6-12(16-7-11)21-8-13(18)19/h1-7H,8H2,(H,17,20)(H,18,19). The first kappa shape index (κ1) is 15.0. The van der Waals surface area contributed by atoms with Crippen LogP contribution in [0.1, 0.15) is 10.4 Å². The fourth-order valence-electron chi connectivity index (χ4n) is 1.48. The third-order valence-electron chi connectivity index (χ3n) is 2.44. The topological polar surface area (TPSA) is 79.3 Å². The van der Waals surface area contributed by atoms with E-state index in [1.807, 2.05) is 0 Å². The summed E-state index contributed by atoms with van der Waals surface area (Å²) in [6, 6.07) is 8.43. The molecule has 2 N–H and O–H groups in total. The second kappa shape index (κ2) is 6.85. The summed E-state index contributed by atoms with van der Waals surface area (Å²) in [5.41, 5.74) is 0.810. The fraction of sp³-hybridized carbons (Fsp3) is 0.0714. The largest absolute Gasteiger partial charge is 0.481 e. The van der Waals surface area contributed by atoms with Crippen molar-refractivity contribution in [2.45, 2.75) is 5.03 Å². The van der Waals surface area contributed by atoms with Gasteiger partial charge in [-0.2, -0.15) is 0 Å². The number of aromatic nitrogens is 1. The van der Waals surface area contributed by atoms with Gasteiger partial charge in [0, 0.05) is 5.56 Å². The van der Waals surface area contributed by atoms with E-state index < -0.39 is 11.8 Å². The van der Waals surface area contributed by atoms with Crippen LogP contribution in [0.3, 0.4) is 0 Å². The van der Waals surface area contributed by atoms with Gasteiger partial charge in [-0.05, 0) is 36.4 Å². The molecular formula is C14H11FN2O3S. The number of anilines is 1. The van der Waals surface area contributed by atoms with Gasteiger partial charge in [-0.25, -0.2) is 9.37 Å². The molecule has 0 saturated carbocycles. The van der Waals surface area contributed by atoms with E-state index in [1.54, 1.807) is 12.1 Å². The van der Waals surface area contributed by atoms with Gasteiger partial charge in [0.05, 0.1) is 22.7 Å². The molecule has 1 aromatic heterocycles. The SMILES string of the molecule is O=C(O)CSc1ccc(NC(=O)c2ccc(F)cc2)cn1. The number of hydrogen-bond acceptors (Lipinski definition) is 4. The van der Waals surface area contributed by atoms with Gasteiger partial charge in [-0.15, -0.1) is 0 Å². The van der Waals surface area contributed by atoms with Crippen molar-refractivity contribution >= 4 is 29.3 Å². The lowest BCUT2D eigenvalue weighted by Crippen LogP contribution is -2.12. The molecule has 1 aromatic carbocycles. The molecule has 0 fully saturated rings. The number of nitrogens with zero attached hydrogens (tertiary/aromatic N) is 1. The number of hydrogen-bond donors (Lipinski definition) is 2. The van der Waals surface area contributed by atoms with E-state index in [-0.39, 0.29) is 11.7 Å². The number of carboxylic acids is 1. The smallest absolute Gasteiger partial charge is 0.313 e. The maximum absolute atomic E-state index is 12.8. The predicted octanol–water partition coefficient (Wildman–Crippen LogP) is 2.65. The Balaban J connectivity index is 1.98. The molecule has 0 radical (unpaired) electrons. The van der Waals surface area contributed by atoms with Gasteiger partial charge in [0.1, 0.15) is 5.82 Å². The number of pyridine rings is 1. The second-order valence-corrected chi connectivity index (χ2v) is 5.02. The Labute approximate surface area is 124 Å². The lowest BCUT2D eigenvalue weighted by atomic mass is 10.2. The number of carbonyl (C=O) groups is 2. The van der Waals surface area contributed by atoms with Crippen molar-refractivity contribution in [3.63, 3.8) is 0 Å². The van der Waals surface area contributed by atoms with Crippen molar-refractivity contribution in [1.82, 2.24) is 4.98 Å². The van der Waals surface area contributed by atoms with Gasteiger partial charge in [-0.3, -0.25) is 9.59 Å². The van der Waals surface area contributed by atoms with Crippen LogP contribution >= 0.6 is 11.8 Å². The van der Waals surface area contributed by atoms with Gasteiger partial charge in [0.2, 0.25) is 0 Å². The number of thioether (sulfide) groups is 1. The Morgan fingerprint density at radius 2 is 1.90 bits per heavy atom. The Bertz CT molecular complexity index is 644. The van der Waals surface area contributed by atoms with E-state index >= 15 is 0 Å². The molecule has 5 nitrogen and oxygen atoms in total. The van der Waals surface area contributed by atoms with E-state index in [0.29, 0.717) is 16.3 Å². The van der Waals surface area contributed by atoms with Crippen LogP contribution in [0.25, 0.3) is 0 Å². The zero-order chi connectivity index (χ0) is 15.2. The highest BCUT2D eigenvalue weighted by Crippen LogP contribution is 2.17. The van der Waals surface area contributed by atoms with E-state index in [4.69, 9.17) is 5.11 Å². The number of benzene rings is 1. The van der Waals surface area contributed by atoms with E-state index in [0.717, 1.165) is 11.8 Å². The van der Waals surface area contributed by atoms with Crippen LogP contribution in [0.5, 0.6) is 0 Å². The molecule has 0 bridgehead atoms. The first-order valence-electron chi connectivity index (χ1n) is 5.92. The Kier molecular flexibility index (Phi) is 4.89. The number of carbonyl (C=O) groups excluding carboxylic acids is 1. The Morgan fingerprint density at radius 3 is 2.48 bits per heavy atom. The van der Waals surface area contributed by atoms with Gasteiger partial charge >= 0.3 is 5.97 Å². The quantitative estimate of drug-likeness (QED) is 0.830. The summed E-state index contributed by atoms with van der Waals surface area (Å²) in [5, 5.41) is 11.7. The molecular weight excluding hydrogens is 295 g/mol. The number of nitrogens with one attached hydrogen (secondary N) is 1. The van der Waals surface area contributed by atoms with E-state index in [2.05, 4.69) is 10.3 Å². The summed E-state index contributed by atoms with van der Waals surface area (Å²) >= 11 is 1.09. The molecule has 0 spiro atoms. The van der Waals surface area contributed by atoms with Crippen LogP contribution in [0.15, 0.2) is 47.6 Å². The number of carboxylic acid groups (broad SMARTS) is 1. The van der Waals surface area contributed by atoms with Crippen LogP contribution in [-0.2, 0) is 4.79 Å². The van der Waals surface area contributed by atoms with Crippen molar-refractivity contribution in [3.8, 4) is 0 Å². The number of rotatable bonds is 5. The molecule has 1 amide bonds. The minimum absolute atomic E-state index is 0.0751. The molecule has 2 rings (SSSR count). The molecule has 0 aliphatic heterocycles. The fourth-order valence-corrected chi connectivity index (χ4v) is 2.04. The molecule has 0 saturated heterocycles. The van der Waals surface area contributed by atoms with Crippen molar-refractivity contribution in [2.75, 3.05) is 11.1 Å². The molecule has 0 aliphatic carbocycles. The summed E-state index contributed by atoms with van der Waals surface area (Å²) in [6.07, 6.45) is 1.44. The molecule has 0 atom stereocenters. The zero-order valence-corrected chi connectivity index (χ0v) is 11.6. The highest BCUT2D eigenvalue weighted by atomic mass is 32.2. The number of aliphatic carboxylic acids is 1. The Morgan fingerprint density at radius 1 is 1.19 bits per heavy atom. The highest BCUT2D eigenvalue weighted by molar-refractivity contribution is 7.99. The van der Waals surface area contributed by atoms with Gasteiger partial charge in [0.25, 0.3) is 5.91 Å². The van der Waals surface area contributed by atoms with Crippen molar-refractivity contribution < 1.29 is 19.1 Å². The Hall–Kier alpha value is -2.41. The van der Waals surface area contributed by atoms with Crippen molar-refractivity contribution in [1.29, 1.82) is 0 Å². The summed E-state index contributed by atoms with van der Waals surface area (Å²) in [4.78, 5) is 26.4. The first-order valence-corrected chi connectivity index (χ1v) is 6.91. The predicted molar refractivity (Wildman–Crippen MR) is 77.0 cm³/mol. The third kappa shape index (κ3) is 4.57. The molecule has 2 aromatic rings. The summed E-state index contributed by atoms with van der Waals surface area (Å²) in [5.74, 6) is -1.78. The maximum atomic E-state index is 12.8. The second-order valence-electron chi connectivity index (χ2n) is 4.03. The third-order valence-corrected chi connectivity index (χ3v) is 3.37. The van der Waals surface area contributed by atoms with Crippen LogP contribution in [0, 0.1) is 5.82 Å². The first-order chi connectivity index (χ1) is 10.0.